The Labute approximate surface area is 153 Å². The number of nitrogens with one attached hydrogen (secondary N) is 3. The highest BCUT2D eigenvalue weighted by Crippen LogP contribution is 2.41. The van der Waals surface area contributed by atoms with Gasteiger partial charge in [-0.2, -0.15) is 9.90 Å². The standard InChI is InChI=1S/C16H15ClN6O3/c17-10-2-1-3-11(6-10)23-19-7-12(22-23)13(24)18-8-16(9-4-5-9)14(25)20-15(26)21-16/h1-3,6-7,9H,4-5,8H2,(H,18,24)(H2,20,21,25,26)/t16-/m0/s1. The highest BCUT2D eigenvalue weighted by molar-refractivity contribution is 6.30. The lowest BCUT2D eigenvalue weighted by molar-refractivity contribution is -0.124. The summed E-state index contributed by atoms with van der Waals surface area (Å²) >= 11 is 5.94. The van der Waals surface area contributed by atoms with Crippen LogP contribution in [0.15, 0.2) is 30.5 Å². The van der Waals surface area contributed by atoms with E-state index in [-0.39, 0.29) is 18.2 Å². The number of halogens is 1. The SMILES string of the molecule is O=C1NC(=O)[C@](CNC(=O)c2cnn(-c3cccc(Cl)c3)n2)(C2CC2)N1. The number of hydrogen-bond donors (Lipinski definition) is 3. The molecule has 1 aliphatic carbocycles. The number of aromatic nitrogens is 3. The number of carbonyl (C=O) groups excluding carboxylic acids is 3. The fourth-order valence-electron chi connectivity index (χ4n) is 3.04. The van der Waals surface area contributed by atoms with Crippen molar-refractivity contribution < 1.29 is 14.4 Å². The largest absolute Gasteiger partial charge is 0.348 e. The van der Waals surface area contributed by atoms with E-state index in [0.717, 1.165) is 12.8 Å². The average Bonchev–Trinajstić information content (AvgIpc) is 3.27. The van der Waals surface area contributed by atoms with Gasteiger partial charge in [-0.15, -0.1) is 5.10 Å². The highest BCUT2D eigenvalue weighted by Gasteiger charge is 2.56. The lowest BCUT2D eigenvalue weighted by Gasteiger charge is -2.25. The molecular formula is C16H15ClN6O3. The minimum absolute atomic E-state index is 0.00189. The summed E-state index contributed by atoms with van der Waals surface area (Å²) in [5, 5.41) is 16.3. The maximum absolute atomic E-state index is 12.4. The van der Waals surface area contributed by atoms with E-state index in [1.54, 1.807) is 24.3 Å². The summed E-state index contributed by atoms with van der Waals surface area (Å²) in [5.41, 5.74) is -0.371. The van der Waals surface area contributed by atoms with Crippen LogP contribution in [-0.2, 0) is 4.79 Å². The molecule has 26 heavy (non-hydrogen) atoms. The van der Waals surface area contributed by atoms with Gasteiger partial charge in [0.15, 0.2) is 5.69 Å². The van der Waals surface area contributed by atoms with Gasteiger partial charge in [0, 0.05) is 5.02 Å². The van der Waals surface area contributed by atoms with Crippen molar-refractivity contribution in [1.29, 1.82) is 0 Å². The summed E-state index contributed by atoms with van der Waals surface area (Å²) in [6.45, 7) is -0.00189. The summed E-state index contributed by atoms with van der Waals surface area (Å²) in [6, 6.07) is 6.36. The van der Waals surface area contributed by atoms with Crippen LogP contribution in [0.1, 0.15) is 23.3 Å². The molecule has 3 N–H and O–H groups in total. The van der Waals surface area contributed by atoms with Gasteiger partial charge in [-0.1, -0.05) is 17.7 Å². The fraction of sp³-hybridized carbons (Fsp3) is 0.312. The van der Waals surface area contributed by atoms with Crippen molar-refractivity contribution in [2.24, 2.45) is 5.92 Å². The third kappa shape index (κ3) is 2.90. The lowest BCUT2D eigenvalue weighted by Crippen LogP contribution is -2.57. The molecule has 2 fully saturated rings. The van der Waals surface area contributed by atoms with Gasteiger partial charge in [-0.05, 0) is 37.0 Å². The zero-order valence-electron chi connectivity index (χ0n) is 13.5. The molecule has 0 bridgehead atoms. The molecule has 4 amide bonds. The van der Waals surface area contributed by atoms with Crippen molar-refractivity contribution >= 4 is 29.4 Å². The summed E-state index contributed by atoms with van der Waals surface area (Å²) in [4.78, 5) is 37.4. The minimum atomic E-state index is -1.09. The Balaban J connectivity index is 1.47. The van der Waals surface area contributed by atoms with Crippen LogP contribution in [-0.4, -0.2) is 44.9 Å². The Morgan fingerprint density at radius 2 is 2.19 bits per heavy atom. The normalized spacial score (nSPS) is 22.0. The van der Waals surface area contributed by atoms with E-state index in [0.29, 0.717) is 10.7 Å². The molecule has 1 saturated carbocycles. The van der Waals surface area contributed by atoms with Crippen molar-refractivity contribution in [2.45, 2.75) is 18.4 Å². The molecule has 9 nitrogen and oxygen atoms in total. The Morgan fingerprint density at radius 3 is 2.85 bits per heavy atom. The first-order valence-corrected chi connectivity index (χ1v) is 8.46. The van der Waals surface area contributed by atoms with Crippen molar-refractivity contribution in [3.8, 4) is 5.69 Å². The highest BCUT2D eigenvalue weighted by atomic mass is 35.5. The predicted molar refractivity (Wildman–Crippen MR) is 90.8 cm³/mol. The van der Waals surface area contributed by atoms with E-state index in [9.17, 15) is 14.4 Å². The van der Waals surface area contributed by atoms with Gasteiger partial charge in [0.1, 0.15) is 5.54 Å². The van der Waals surface area contributed by atoms with Crippen LogP contribution in [0, 0.1) is 5.92 Å². The Kier molecular flexibility index (Phi) is 3.87. The number of rotatable bonds is 5. The van der Waals surface area contributed by atoms with Gasteiger partial charge < -0.3 is 10.6 Å². The molecule has 1 aromatic heterocycles. The molecule has 1 aromatic carbocycles. The van der Waals surface area contributed by atoms with Crippen LogP contribution in [0.2, 0.25) is 5.02 Å². The van der Waals surface area contributed by atoms with Crippen molar-refractivity contribution in [3.63, 3.8) is 0 Å². The maximum atomic E-state index is 12.4. The van der Waals surface area contributed by atoms with Crippen molar-refractivity contribution in [2.75, 3.05) is 6.54 Å². The summed E-state index contributed by atoms with van der Waals surface area (Å²) in [6.07, 6.45) is 2.98. The Hall–Kier alpha value is -2.94. The van der Waals surface area contributed by atoms with E-state index in [4.69, 9.17) is 11.6 Å². The first-order valence-electron chi connectivity index (χ1n) is 8.08. The monoisotopic (exact) mass is 374 g/mol. The lowest BCUT2D eigenvalue weighted by atomic mass is 9.93. The number of nitrogens with zero attached hydrogens (tertiary/aromatic N) is 3. The number of carbonyl (C=O) groups is 3. The third-order valence-electron chi connectivity index (χ3n) is 4.53. The molecule has 0 spiro atoms. The second-order valence-electron chi connectivity index (χ2n) is 6.34. The van der Waals surface area contributed by atoms with Gasteiger partial charge in [0.25, 0.3) is 11.8 Å². The van der Waals surface area contributed by atoms with E-state index < -0.39 is 23.4 Å². The van der Waals surface area contributed by atoms with Crippen LogP contribution < -0.4 is 16.0 Å². The van der Waals surface area contributed by atoms with Gasteiger partial charge in [-0.25, -0.2) is 4.79 Å². The number of benzene rings is 1. The van der Waals surface area contributed by atoms with Crippen LogP contribution in [0.5, 0.6) is 0 Å². The molecule has 10 heteroatoms. The molecular weight excluding hydrogens is 360 g/mol. The summed E-state index contributed by atoms with van der Waals surface area (Å²) in [5.74, 6) is -0.864. The number of urea groups is 1. The third-order valence-corrected chi connectivity index (χ3v) is 4.77. The molecule has 0 unspecified atom stereocenters. The molecule has 1 aliphatic heterocycles. The molecule has 2 aromatic rings. The van der Waals surface area contributed by atoms with Gasteiger partial charge in [0.05, 0.1) is 18.4 Å². The van der Waals surface area contributed by atoms with Gasteiger partial charge >= 0.3 is 6.03 Å². The Bertz CT molecular complexity index is 909. The molecule has 0 radical (unpaired) electrons. The quantitative estimate of drug-likeness (QED) is 0.664. The molecule has 2 heterocycles. The van der Waals surface area contributed by atoms with E-state index in [2.05, 4.69) is 26.1 Å². The molecule has 1 saturated heterocycles. The summed E-state index contributed by atoms with van der Waals surface area (Å²) in [7, 11) is 0. The van der Waals surface area contributed by atoms with Crippen LogP contribution >= 0.6 is 11.6 Å². The van der Waals surface area contributed by atoms with Crippen LogP contribution in [0.25, 0.3) is 5.69 Å². The number of hydrogen-bond acceptors (Lipinski definition) is 5. The maximum Gasteiger partial charge on any atom is 0.322 e. The summed E-state index contributed by atoms with van der Waals surface area (Å²) < 4.78 is 0. The second-order valence-corrected chi connectivity index (χ2v) is 6.77. The zero-order valence-corrected chi connectivity index (χ0v) is 14.3. The number of imide groups is 1. The van der Waals surface area contributed by atoms with Gasteiger partial charge in [0.2, 0.25) is 0 Å². The molecule has 1 atom stereocenters. The molecule has 4 rings (SSSR count). The minimum Gasteiger partial charge on any atom is -0.348 e. The zero-order chi connectivity index (χ0) is 18.3. The van der Waals surface area contributed by atoms with E-state index in [1.807, 2.05) is 0 Å². The van der Waals surface area contributed by atoms with Gasteiger partial charge in [-0.3, -0.25) is 14.9 Å². The van der Waals surface area contributed by atoms with Crippen LogP contribution in [0.4, 0.5) is 4.79 Å². The van der Waals surface area contributed by atoms with Crippen molar-refractivity contribution in [3.05, 3.63) is 41.2 Å². The Morgan fingerprint density at radius 1 is 1.38 bits per heavy atom. The average molecular weight is 375 g/mol. The first-order chi connectivity index (χ1) is 12.5. The smallest absolute Gasteiger partial charge is 0.322 e. The predicted octanol–water partition coefficient (Wildman–Crippen LogP) is 0.639. The van der Waals surface area contributed by atoms with E-state index >= 15 is 0 Å². The number of amides is 4. The van der Waals surface area contributed by atoms with Crippen LogP contribution in [0.3, 0.4) is 0 Å². The second kappa shape index (κ2) is 6.10. The molecule has 2 aliphatic rings. The topological polar surface area (TPSA) is 118 Å². The van der Waals surface area contributed by atoms with E-state index in [1.165, 1.54) is 11.0 Å². The molecule has 134 valence electrons. The van der Waals surface area contributed by atoms with Crippen molar-refractivity contribution in [1.82, 2.24) is 30.9 Å². The first kappa shape index (κ1) is 16.5. The fourth-order valence-corrected chi connectivity index (χ4v) is 3.22.